The minimum Gasteiger partial charge on any atom is -0.481 e. The fraction of sp³-hybridized carbons (Fsp3) is 0.550. The average Bonchev–Trinajstić information content (AvgIpc) is 2.70. The zero-order valence-corrected chi connectivity index (χ0v) is 16.6. The first-order chi connectivity index (χ1) is 12.6. The monoisotopic (exact) mass is 359 g/mol. The lowest BCUT2D eigenvalue weighted by Crippen LogP contribution is -2.17. The minimum atomic E-state index is 0.155. The first kappa shape index (κ1) is 19.9. The summed E-state index contributed by atoms with van der Waals surface area (Å²) in [5.74, 6) is 1.62. The lowest BCUT2D eigenvalue weighted by molar-refractivity contribution is 0.181. The molecule has 0 fully saturated rings. The highest BCUT2D eigenvalue weighted by molar-refractivity contribution is 5.68. The van der Waals surface area contributed by atoms with Crippen LogP contribution >= 0.6 is 0 Å². The van der Waals surface area contributed by atoms with Crippen molar-refractivity contribution in [3.05, 3.63) is 23.5 Å². The summed E-state index contributed by atoms with van der Waals surface area (Å²) >= 11 is 0. The molecule has 6 nitrogen and oxygen atoms in total. The smallest absolute Gasteiger partial charge is 0.236 e. The summed E-state index contributed by atoms with van der Waals surface area (Å²) < 4.78 is 16.8. The molecular formula is C20H29N3O3. The Morgan fingerprint density at radius 3 is 2.04 bits per heavy atom. The van der Waals surface area contributed by atoms with Crippen LogP contribution in [-0.2, 0) is 12.8 Å². The Morgan fingerprint density at radius 1 is 0.808 bits per heavy atom. The molecule has 2 aromatic heterocycles. The van der Waals surface area contributed by atoms with Gasteiger partial charge in [0.1, 0.15) is 5.69 Å². The molecule has 0 saturated heterocycles. The van der Waals surface area contributed by atoms with E-state index in [0.717, 1.165) is 48.3 Å². The Labute approximate surface area is 156 Å². The third-order valence-electron chi connectivity index (χ3n) is 4.35. The second kappa shape index (κ2) is 9.36. The summed E-state index contributed by atoms with van der Waals surface area (Å²) in [5, 5.41) is 0. The van der Waals surface area contributed by atoms with Gasteiger partial charge in [0.2, 0.25) is 17.6 Å². The number of pyridine rings is 1. The Bertz CT molecular complexity index is 730. The molecular weight excluding hydrogens is 330 g/mol. The van der Waals surface area contributed by atoms with E-state index in [1.807, 2.05) is 6.07 Å². The number of hydrogen-bond acceptors (Lipinski definition) is 6. The summed E-state index contributed by atoms with van der Waals surface area (Å²) in [6, 6.07) is 3.72. The lowest BCUT2D eigenvalue weighted by Gasteiger charge is -2.19. The molecule has 0 bridgehead atoms. The van der Waals surface area contributed by atoms with Crippen molar-refractivity contribution in [2.24, 2.45) is 0 Å². The van der Waals surface area contributed by atoms with Crippen LogP contribution in [0.1, 0.15) is 51.9 Å². The molecule has 0 spiro atoms. The van der Waals surface area contributed by atoms with Gasteiger partial charge < -0.3 is 14.2 Å². The number of methoxy groups -OCH3 is 2. The molecule has 0 aliphatic carbocycles. The van der Waals surface area contributed by atoms with E-state index in [4.69, 9.17) is 24.2 Å². The van der Waals surface area contributed by atoms with Crippen molar-refractivity contribution in [1.29, 1.82) is 0 Å². The van der Waals surface area contributed by atoms with Crippen molar-refractivity contribution in [1.82, 2.24) is 15.0 Å². The van der Waals surface area contributed by atoms with Crippen molar-refractivity contribution in [3.63, 3.8) is 0 Å². The van der Waals surface area contributed by atoms with Crippen LogP contribution < -0.4 is 14.2 Å². The maximum Gasteiger partial charge on any atom is 0.236 e. The summed E-state index contributed by atoms with van der Waals surface area (Å²) in [7, 11) is 3.17. The Balaban J connectivity index is 2.56. The van der Waals surface area contributed by atoms with Gasteiger partial charge >= 0.3 is 0 Å². The molecule has 0 aliphatic rings. The van der Waals surface area contributed by atoms with E-state index < -0.39 is 0 Å². The number of ether oxygens (including phenoxy) is 3. The Kier molecular flexibility index (Phi) is 7.18. The summed E-state index contributed by atoms with van der Waals surface area (Å²) in [4.78, 5) is 14.0. The van der Waals surface area contributed by atoms with Crippen LogP contribution in [0.4, 0.5) is 0 Å². The van der Waals surface area contributed by atoms with Gasteiger partial charge in [0, 0.05) is 6.07 Å². The van der Waals surface area contributed by atoms with E-state index in [2.05, 4.69) is 32.7 Å². The van der Waals surface area contributed by atoms with Crippen LogP contribution in [0.2, 0.25) is 0 Å². The first-order valence-corrected chi connectivity index (χ1v) is 9.27. The van der Waals surface area contributed by atoms with Gasteiger partial charge in [0.15, 0.2) is 0 Å². The molecule has 0 unspecified atom stereocenters. The lowest BCUT2D eigenvalue weighted by atomic mass is 10.1. The fourth-order valence-corrected chi connectivity index (χ4v) is 2.76. The number of nitrogens with zero attached hydrogens (tertiary/aromatic N) is 3. The zero-order chi connectivity index (χ0) is 19.1. The quantitative estimate of drug-likeness (QED) is 0.667. The topological polar surface area (TPSA) is 66.4 Å². The third kappa shape index (κ3) is 4.23. The molecule has 0 aliphatic heterocycles. The predicted octanol–water partition coefficient (Wildman–Crippen LogP) is 4.25. The molecule has 2 aromatic rings. The number of aryl methyl sites for hydroxylation is 2. The van der Waals surface area contributed by atoms with Crippen LogP contribution in [0.15, 0.2) is 12.1 Å². The third-order valence-corrected chi connectivity index (χ3v) is 4.35. The molecule has 0 aromatic carbocycles. The van der Waals surface area contributed by atoms with Crippen molar-refractivity contribution in [3.8, 4) is 28.9 Å². The van der Waals surface area contributed by atoms with Crippen molar-refractivity contribution >= 4 is 0 Å². The highest BCUT2D eigenvalue weighted by Gasteiger charge is 2.20. The second-order valence-corrected chi connectivity index (χ2v) is 5.94. The highest BCUT2D eigenvalue weighted by Crippen LogP contribution is 2.33. The van der Waals surface area contributed by atoms with Crippen molar-refractivity contribution in [2.45, 2.75) is 59.5 Å². The standard InChI is InChI=1S/C20H29N3O3/c1-7-13(8-2)26-20-16(10-4)21-18(15(9-3)22-20)14-11-12-17(24-5)23-19(14)25-6/h11-13H,7-10H2,1-6H3. The van der Waals surface area contributed by atoms with Gasteiger partial charge in [0.25, 0.3) is 0 Å². The van der Waals surface area contributed by atoms with Crippen LogP contribution in [0, 0.1) is 0 Å². The van der Waals surface area contributed by atoms with E-state index >= 15 is 0 Å². The number of hydrogen-bond donors (Lipinski definition) is 0. The highest BCUT2D eigenvalue weighted by atomic mass is 16.5. The van der Waals surface area contributed by atoms with Crippen LogP contribution in [0.3, 0.4) is 0 Å². The average molecular weight is 359 g/mol. The molecule has 0 amide bonds. The maximum atomic E-state index is 6.12. The SMILES string of the molecule is CCc1nc(-c2ccc(OC)nc2OC)c(CC)nc1OC(CC)CC. The first-order valence-electron chi connectivity index (χ1n) is 9.27. The van der Waals surface area contributed by atoms with Gasteiger partial charge in [-0.05, 0) is 31.7 Å². The molecule has 2 heterocycles. The van der Waals surface area contributed by atoms with Gasteiger partial charge in [-0.15, -0.1) is 0 Å². The van der Waals surface area contributed by atoms with E-state index in [9.17, 15) is 0 Å². The number of aromatic nitrogens is 3. The van der Waals surface area contributed by atoms with Crippen molar-refractivity contribution < 1.29 is 14.2 Å². The van der Waals surface area contributed by atoms with Crippen LogP contribution in [0.5, 0.6) is 17.6 Å². The molecule has 0 saturated carbocycles. The minimum absolute atomic E-state index is 0.155. The summed E-state index contributed by atoms with van der Waals surface area (Å²) in [5.41, 5.74) is 3.31. The molecule has 142 valence electrons. The molecule has 0 N–H and O–H groups in total. The second-order valence-electron chi connectivity index (χ2n) is 5.94. The predicted molar refractivity (Wildman–Crippen MR) is 102 cm³/mol. The molecule has 6 heteroatoms. The largest absolute Gasteiger partial charge is 0.481 e. The molecule has 26 heavy (non-hydrogen) atoms. The summed E-state index contributed by atoms with van der Waals surface area (Å²) in [6.07, 6.45) is 3.52. The van der Waals surface area contributed by atoms with Crippen molar-refractivity contribution in [2.75, 3.05) is 14.2 Å². The fourth-order valence-electron chi connectivity index (χ4n) is 2.76. The zero-order valence-electron chi connectivity index (χ0n) is 16.6. The van der Waals surface area contributed by atoms with Gasteiger partial charge in [-0.1, -0.05) is 27.7 Å². The Morgan fingerprint density at radius 2 is 1.50 bits per heavy atom. The summed E-state index contributed by atoms with van der Waals surface area (Å²) in [6.45, 7) is 8.36. The van der Waals surface area contributed by atoms with Crippen LogP contribution in [-0.4, -0.2) is 35.3 Å². The van der Waals surface area contributed by atoms with E-state index in [0.29, 0.717) is 17.6 Å². The maximum absolute atomic E-state index is 6.12. The number of rotatable bonds is 9. The van der Waals surface area contributed by atoms with E-state index in [-0.39, 0.29) is 6.10 Å². The molecule has 0 radical (unpaired) electrons. The van der Waals surface area contributed by atoms with Crippen LogP contribution in [0.25, 0.3) is 11.3 Å². The Hall–Kier alpha value is -2.37. The van der Waals surface area contributed by atoms with Gasteiger partial charge in [-0.3, -0.25) is 0 Å². The normalized spacial score (nSPS) is 10.9. The van der Waals surface area contributed by atoms with E-state index in [1.54, 1.807) is 20.3 Å². The molecule has 2 rings (SSSR count). The van der Waals surface area contributed by atoms with Gasteiger partial charge in [-0.2, -0.15) is 4.98 Å². The van der Waals surface area contributed by atoms with Gasteiger partial charge in [-0.25, -0.2) is 9.97 Å². The van der Waals surface area contributed by atoms with Gasteiger partial charge in [0.05, 0.1) is 37.3 Å². The molecule has 0 atom stereocenters. The van der Waals surface area contributed by atoms with E-state index in [1.165, 1.54) is 0 Å².